The van der Waals surface area contributed by atoms with E-state index in [1.165, 1.54) is 17.0 Å². The molecule has 2 rings (SSSR count). The molecular weight excluding hydrogens is 240 g/mol. The van der Waals surface area contributed by atoms with Crippen molar-refractivity contribution in [2.45, 2.75) is 35.2 Å². The molecule has 0 aromatic rings. The third-order valence-corrected chi connectivity index (χ3v) is 8.79. The minimum absolute atomic E-state index is 0.0995. The molecule has 6 heteroatoms. The predicted octanol–water partition coefficient (Wildman–Crippen LogP) is 1.69. The zero-order valence-corrected chi connectivity index (χ0v) is 10.7. The molecule has 14 heavy (non-hydrogen) atoms. The Hall–Kier alpha value is 0.610. The first-order chi connectivity index (χ1) is 6.49. The van der Waals surface area contributed by atoms with Crippen LogP contribution in [-0.4, -0.2) is 36.7 Å². The standard InChI is InChI=1S/C8H14O3S3/c1-3-11-6-7(14(2,9)10)12-13-8(6)4-5-8/h6-7H,3-5H2,1-2H3. The molecule has 2 fully saturated rings. The topological polar surface area (TPSA) is 43.4 Å². The summed E-state index contributed by atoms with van der Waals surface area (Å²) in [6.07, 6.45) is 3.40. The maximum atomic E-state index is 11.5. The first-order valence-corrected chi connectivity index (χ1v) is 8.81. The summed E-state index contributed by atoms with van der Waals surface area (Å²) in [7, 11) is 0.189. The minimum atomic E-state index is -2.99. The molecule has 1 heterocycles. The highest BCUT2D eigenvalue weighted by Gasteiger charge is 2.61. The summed E-state index contributed by atoms with van der Waals surface area (Å²) in [5.41, 5.74) is 0. The van der Waals surface area contributed by atoms with Gasteiger partial charge in [-0.25, -0.2) is 8.42 Å². The lowest BCUT2D eigenvalue weighted by molar-refractivity contribution is 0.0686. The Bertz CT molecular complexity index is 321. The van der Waals surface area contributed by atoms with Crippen molar-refractivity contribution in [1.29, 1.82) is 0 Å². The Morgan fingerprint density at radius 1 is 1.50 bits per heavy atom. The van der Waals surface area contributed by atoms with Gasteiger partial charge in [-0.1, -0.05) is 21.6 Å². The Morgan fingerprint density at radius 2 is 2.14 bits per heavy atom. The highest BCUT2D eigenvalue weighted by molar-refractivity contribution is 8.79. The van der Waals surface area contributed by atoms with Gasteiger partial charge in [0.1, 0.15) is 4.58 Å². The zero-order chi connectivity index (χ0) is 10.4. The molecule has 1 aliphatic heterocycles. The maximum Gasteiger partial charge on any atom is 0.163 e. The molecule has 2 aliphatic rings. The Balaban J connectivity index is 2.19. The largest absolute Gasteiger partial charge is 0.375 e. The first kappa shape index (κ1) is 11.1. The van der Waals surface area contributed by atoms with Crippen LogP contribution >= 0.6 is 21.6 Å². The van der Waals surface area contributed by atoms with Crippen LogP contribution in [0.1, 0.15) is 19.8 Å². The summed E-state index contributed by atoms with van der Waals surface area (Å²) in [4.78, 5) is 0. The number of sulfone groups is 1. The SMILES string of the molecule is CCOC1C(S(C)(=O)=O)SSC12CC2. The highest BCUT2D eigenvalue weighted by Crippen LogP contribution is 2.65. The van der Waals surface area contributed by atoms with Gasteiger partial charge in [-0.3, -0.25) is 0 Å². The fourth-order valence-electron chi connectivity index (χ4n) is 1.69. The lowest BCUT2D eigenvalue weighted by Crippen LogP contribution is -2.36. The van der Waals surface area contributed by atoms with Crippen molar-refractivity contribution in [2.24, 2.45) is 0 Å². The summed E-state index contributed by atoms with van der Waals surface area (Å²) >= 11 is 0. The molecule has 0 bridgehead atoms. The van der Waals surface area contributed by atoms with Crippen LogP contribution < -0.4 is 0 Å². The van der Waals surface area contributed by atoms with Crippen molar-refractivity contribution in [1.82, 2.24) is 0 Å². The molecule has 2 unspecified atom stereocenters. The second-order valence-corrected chi connectivity index (χ2v) is 9.04. The molecule has 2 atom stereocenters. The Morgan fingerprint density at radius 3 is 2.57 bits per heavy atom. The molecule has 0 aromatic carbocycles. The van der Waals surface area contributed by atoms with Crippen LogP contribution in [-0.2, 0) is 14.6 Å². The van der Waals surface area contributed by atoms with Gasteiger partial charge in [0.2, 0.25) is 0 Å². The Kier molecular flexibility index (Phi) is 2.83. The number of hydrogen-bond acceptors (Lipinski definition) is 5. The van der Waals surface area contributed by atoms with Gasteiger partial charge >= 0.3 is 0 Å². The van der Waals surface area contributed by atoms with Crippen molar-refractivity contribution < 1.29 is 13.2 Å². The summed E-state index contributed by atoms with van der Waals surface area (Å²) in [5.74, 6) is 0. The third-order valence-electron chi connectivity index (χ3n) is 2.59. The fourth-order valence-corrected chi connectivity index (χ4v) is 8.10. The highest BCUT2D eigenvalue weighted by atomic mass is 33.1. The molecule has 1 saturated carbocycles. The molecule has 82 valence electrons. The lowest BCUT2D eigenvalue weighted by Gasteiger charge is -2.20. The first-order valence-electron chi connectivity index (χ1n) is 4.64. The van der Waals surface area contributed by atoms with E-state index in [2.05, 4.69) is 0 Å². The molecule has 1 saturated heterocycles. The van der Waals surface area contributed by atoms with Crippen LogP contribution in [0.3, 0.4) is 0 Å². The van der Waals surface area contributed by atoms with Gasteiger partial charge in [-0.2, -0.15) is 0 Å². The summed E-state index contributed by atoms with van der Waals surface area (Å²) in [6.45, 7) is 2.52. The third kappa shape index (κ3) is 1.81. The van der Waals surface area contributed by atoms with E-state index >= 15 is 0 Å². The molecule has 1 aliphatic carbocycles. The second kappa shape index (κ2) is 3.57. The number of rotatable bonds is 3. The second-order valence-electron chi connectivity index (χ2n) is 3.82. The van der Waals surface area contributed by atoms with E-state index in [1.54, 1.807) is 10.8 Å². The molecule has 0 radical (unpaired) electrons. The van der Waals surface area contributed by atoms with Gasteiger partial charge in [0, 0.05) is 12.9 Å². The van der Waals surface area contributed by atoms with Crippen molar-refractivity contribution in [2.75, 3.05) is 12.9 Å². The average molecular weight is 254 g/mol. The van der Waals surface area contributed by atoms with Crippen LogP contribution in [0.15, 0.2) is 0 Å². The van der Waals surface area contributed by atoms with Gasteiger partial charge in [0.25, 0.3) is 0 Å². The smallest absolute Gasteiger partial charge is 0.163 e. The van der Waals surface area contributed by atoms with E-state index in [4.69, 9.17) is 4.74 Å². The van der Waals surface area contributed by atoms with E-state index in [1.807, 2.05) is 6.92 Å². The quantitative estimate of drug-likeness (QED) is 0.717. The molecule has 3 nitrogen and oxygen atoms in total. The number of hydrogen-bond donors (Lipinski definition) is 0. The van der Waals surface area contributed by atoms with Crippen molar-refractivity contribution >= 4 is 31.4 Å². The molecular formula is C8H14O3S3. The summed E-state index contributed by atoms with van der Waals surface area (Å²) in [5, 5.41) is 0. The van der Waals surface area contributed by atoms with E-state index in [9.17, 15) is 8.42 Å². The van der Waals surface area contributed by atoms with Gasteiger partial charge < -0.3 is 4.74 Å². The molecule has 1 spiro atoms. The minimum Gasteiger partial charge on any atom is -0.375 e. The number of ether oxygens (including phenoxy) is 1. The van der Waals surface area contributed by atoms with Gasteiger partial charge in [0.05, 0.1) is 10.9 Å². The molecule has 0 aromatic heterocycles. The van der Waals surface area contributed by atoms with Gasteiger partial charge in [-0.15, -0.1) is 0 Å². The van der Waals surface area contributed by atoms with E-state index in [-0.39, 0.29) is 15.4 Å². The van der Waals surface area contributed by atoms with Crippen molar-refractivity contribution in [3.63, 3.8) is 0 Å². The molecule has 0 N–H and O–H groups in total. The normalized spacial score (nSPS) is 35.0. The monoisotopic (exact) mass is 254 g/mol. The fraction of sp³-hybridized carbons (Fsp3) is 1.00. The predicted molar refractivity (Wildman–Crippen MR) is 61.2 cm³/mol. The van der Waals surface area contributed by atoms with E-state index in [0.717, 1.165) is 12.8 Å². The Labute approximate surface area is 92.7 Å². The van der Waals surface area contributed by atoms with Crippen molar-refractivity contribution in [3.8, 4) is 0 Å². The zero-order valence-electron chi connectivity index (χ0n) is 8.23. The summed E-state index contributed by atoms with van der Waals surface area (Å²) in [6, 6.07) is 0. The maximum absolute atomic E-state index is 11.5. The van der Waals surface area contributed by atoms with Gasteiger partial charge in [-0.05, 0) is 19.8 Å². The van der Waals surface area contributed by atoms with E-state index in [0.29, 0.717) is 6.61 Å². The summed E-state index contributed by atoms with van der Waals surface area (Å²) < 4.78 is 28.4. The van der Waals surface area contributed by atoms with Crippen LogP contribution in [0.25, 0.3) is 0 Å². The van der Waals surface area contributed by atoms with Gasteiger partial charge in [0.15, 0.2) is 9.84 Å². The van der Waals surface area contributed by atoms with E-state index < -0.39 is 9.84 Å². The van der Waals surface area contributed by atoms with Crippen LogP contribution in [0.2, 0.25) is 0 Å². The van der Waals surface area contributed by atoms with Crippen LogP contribution in [0.5, 0.6) is 0 Å². The lowest BCUT2D eigenvalue weighted by atomic mass is 10.2. The average Bonchev–Trinajstić information content (AvgIpc) is 2.72. The van der Waals surface area contributed by atoms with Crippen LogP contribution in [0.4, 0.5) is 0 Å². The van der Waals surface area contributed by atoms with Crippen LogP contribution in [0, 0.1) is 0 Å². The van der Waals surface area contributed by atoms with Crippen molar-refractivity contribution in [3.05, 3.63) is 0 Å². The molecule has 0 amide bonds.